The highest BCUT2D eigenvalue weighted by Crippen LogP contribution is 2.23. The van der Waals surface area contributed by atoms with Gasteiger partial charge in [-0.1, -0.05) is 11.6 Å². The first-order valence-electron chi connectivity index (χ1n) is 5.11. The third kappa shape index (κ3) is 1.84. The first-order valence-corrected chi connectivity index (χ1v) is 5.49. The van der Waals surface area contributed by atoms with Crippen molar-refractivity contribution in [3.05, 3.63) is 35.0 Å². The van der Waals surface area contributed by atoms with Crippen molar-refractivity contribution < 1.29 is 4.79 Å². The lowest BCUT2D eigenvalue weighted by molar-refractivity contribution is 0.0956. The van der Waals surface area contributed by atoms with Gasteiger partial charge in [0, 0.05) is 27.7 Å². The quantitative estimate of drug-likeness (QED) is 0.805. The van der Waals surface area contributed by atoms with E-state index in [1.807, 2.05) is 19.1 Å². The third-order valence-electron chi connectivity index (χ3n) is 2.74. The molecule has 0 aliphatic heterocycles. The minimum atomic E-state index is -0.196. The minimum absolute atomic E-state index is 0.0658. The molecule has 0 saturated heterocycles. The molecule has 1 atom stereocenters. The van der Waals surface area contributed by atoms with Crippen molar-refractivity contribution in [1.82, 2.24) is 10.3 Å². The fourth-order valence-corrected chi connectivity index (χ4v) is 1.83. The van der Waals surface area contributed by atoms with Crippen LogP contribution in [0.4, 0.5) is 0 Å². The molecular formula is C12H13ClN2O. The number of carbonyl (C=O) groups excluding carboxylic acids is 1. The van der Waals surface area contributed by atoms with Gasteiger partial charge < -0.3 is 10.3 Å². The van der Waals surface area contributed by atoms with Gasteiger partial charge in [0.1, 0.15) is 0 Å². The van der Waals surface area contributed by atoms with Gasteiger partial charge in [-0.25, -0.2) is 0 Å². The molecule has 0 radical (unpaired) electrons. The number of H-pyrrole nitrogens is 1. The number of carbonyl (C=O) groups is 1. The van der Waals surface area contributed by atoms with Crippen molar-refractivity contribution >= 4 is 28.3 Å². The lowest BCUT2D eigenvalue weighted by Crippen LogP contribution is -2.30. The fraction of sp³-hybridized carbons (Fsp3) is 0.250. The smallest absolute Gasteiger partial charge is 0.181 e. The van der Waals surface area contributed by atoms with Crippen LogP contribution < -0.4 is 5.32 Å². The van der Waals surface area contributed by atoms with E-state index in [0.717, 1.165) is 10.9 Å². The lowest BCUT2D eigenvalue weighted by atomic mass is 10.0. The zero-order valence-electron chi connectivity index (χ0n) is 9.17. The van der Waals surface area contributed by atoms with Crippen LogP contribution in [0, 0.1) is 0 Å². The van der Waals surface area contributed by atoms with Gasteiger partial charge in [-0.2, -0.15) is 0 Å². The molecule has 0 aliphatic carbocycles. The maximum Gasteiger partial charge on any atom is 0.181 e. The van der Waals surface area contributed by atoms with Gasteiger partial charge in [0.15, 0.2) is 5.78 Å². The maximum atomic E-state index is 12.0. The molecule has 84 valence electrons. The van der Waals surface area contributed by atoms with Gasteiger partial charge in [-0.3, -0.25) is 4.79 Å². The van der Waals surface area contributed by atoms with E-state index in [1.54, 1.807) is 19.3 Å². The Balaban J connectivity index is 2.53. The van der Waals surface area contributed by atoms with Crippen LogP contribution in [0.5, 0.6) is 0 Å². The highest BCUT2D eigenvalue weighted by molar-refractivity contribution is 6.31. The van der Waals surface area contributed by atoms with E-state index in [9.17, 15) is 4.79 Å². The van der Waals surface area contributed by atoms with Gasteiger partial charge in [0.2, 0.25) is 0 Å². The summed E-state index contributed by atoms with van der Waals surface area (Å²) in [4.78, 5) is 15.1. The standard InChI is InChI=1S/C12H13ClN2O/c1-7(14-2)12(16)10-6-15-11-4-3-8(13)5-9(10)11/h3-7,14-15H,1-2H3. The van der Waals surface area contributed by atoms with Crippen molar-refractivity contribution in [2.45, 2.75) is 13.0 Å². The Kier molecular flexibility index (Phi) is 2.99. The molecule has 1 aromatic heterocycles. The number of aromatic amines is 1. The third-order valence-corrected chi connectivity index (χ3v) is 2.97. The van der Waals surface area contributed by atoms with Crippen LogP contribution in [0.25, 0.3) is 10.9 Å². The SMILES string of the molecule is CNC(C)C(=O)c1c[nH]c2ccc(Cl)cc12. The van der Waals surface area contributed by atoms with E-state index in [-0.39, 0.29) is 11.8 Å². The van der Waals surface area contributed by atoms with Crippen LogP contribution in [0.3, 0.4) is 0 Å². The summed E-state index contributed by atoms with van der Waals surface area (Å²) in [5.41, 5.74) is 1.61. The summed E-state index contributed by atoms with van der Waals surface area (Å²) in [5.74, 6) is 0.0658. The average molecular weight is 237 g/mol. The minimum Gasteiger partial charge on any atom is -0.360 e. The molecule has 0 saturated carbocycles. The fourth-order valence-electron chi connectivity index (χ4n) is 1.66. The molecule has 16 heavy (non-hydrogen) atoms. The Hall–Kier alpha value is -1.32. The Morgan fingerprint density at radius 1 is 1.50 bits per heavy atom. The van der Waals surface area contributed by atoms with Crippen LogP contribution in [0.1, 0.15) is 17.3 Å². The number of aromatic nitrogens is 1. The van der Waals surface area contributed by atoms with Gasteiger partial charge >= 0.3 is 0 Å². The molecule has 1 unspecified atom stereocenters. The number of Topliss-reactive ketones (excluding diaryl/α,β-unsaturated/α-hetero) is 1. The first kappa shape index (κ1) is 11.2. The number of nitrogens with one attached hydrogen (secondary N) is 2. The number of hydrogen-bond donors (Lipinski definition) is 2. The van der Waals surface area contributed by atoms with Gasteiger partial charge in [-0.05, 0) is 32.2 Å². The van der Waals surface area contributed by atoms with Gasteiger partial charge in [0.05, 0.1) is 6.04 Å². The molecule has 0 aliphatic rings. The highest BCUT2D eigenvalue weighted by atomic mass is 35.5. The van der Waals surface area contributed by atoms with E-state index < -0.39 is 0 Å². The summed E-state index contributed by atoms with van der Waals surface area (Å²) >= 11 is 5.92. The van der Waals surface area contributed by atoms with Crippen molar-refractivity contribution in [3.8, 4) is 0 Å². The van der Waals surface area contributed by atoms with E-state index >= 15 is 0 Å². The molecule has 1 heterocycles. The molecule has 2 N–H and O–H groups in total. The monoisotopic (exact) mass is 236 g/mol. The van der Waals surface area contributed by atoms with Gasteiger partial charge in [-0.15, -0.1) is 0 Å². The number of rotatable bonds is 3. The lowest BCUT2D eigenvalue weighted by Gasteiger charge is -2.07. The van der Waals surface area contributed by atoms with Crippen LogP contribution in [0.2, 0.25) is 5.02 Å². The Labute approximate surface area is 98.8 Å². The average Bonchev–Trinajstić information content (AvgIpc) is 2.69. The summed E-state index contributed by atoms with van der Waals surface area (Å²) < 4.78 is 0. The number of likely N-dealkylation sites (N-methyl/N-ethyl adjacent to an activating group) is 1. The summed E-state index contributed by atoms with van der Waals surface area (Å²) in [6.07, 6.45) is 1.73. The second kappa shape index (κ2) is 4.28. The number of hydrogen-bond acceptors (Lipinski definition) is 2. The van der Waals surface area contributed by atoms with Crippen molar-refractivity contribution in [2.75, 3.05) is 7.05 Å². The number of benzene rings is 1. The molecule has 1 aromatic carbocycles. The van der Waals surface area contributed by atoms with E-state index in [0.29, 0.717) is 10.6 Å². The largest absolute Gasteiger partial charge is 0.360 e. The predicted molar refractivity (Wildman–Crippen MR) is 66.2 cm³/mol. The first-order chi connectivity index (χ1) is 7.63. The topological polar surface area (TPSA) is 44.9 Å². The van der Waals surface area contributed by atoms with Crippen LogP contribution in [0.15, 0.2) is 24.4 Å². The number of ketones is 1. The van der Waals surface area contributed by atoms with Crippen molar-refractivity contribution in [2.24, 2.45) is 0 Å². The molecule has 3 nitrogen and oxygen atoms in total. The van der Waals surface area contributed by atoms with E-state index in [2.05, 4.69) is 10.3 Å². The summed E-state index contributed by atoms with van der Waals surface area (Å²) in [5, 5.41) is 4.45. The Bertz CT molecular complexity index is 533. The Morgan fingerprint density at radius 2 is 2.25 bits per heavy atom. The molecule has 2 rings (SSSR count). The molecule has 0 spiro atoms. The van der Waals surface area contributed by atoms with Crippen LogP contribution >= 0.6 is 11.6 Å². The van der Waals surface area contributed by atoms with E-state index in [4.69, 9.17) is 11.6 Å². The van der Waals surface area contributed by atoms with E-state index in [1.165, 1.54) is 0 Å². The summed E-state index contributed by atoms with van der Waals surface area (Å²) in [7, 11) is 1.77. The van der Waals surface area contributed by atoms with Crippen molar-refractivity contribution in [1.29, 1.82) is 0 Å². The zero-order chi connectivity index (χ0) is 11.7. The second-order valence-corrected chi connectivity index (χ2v) is 4.20. The highest BCUT2D eigenvalue weighted by Gasteiger charge is 2.17. The summed E-state index contributed by atoms with van der Waals surface area (Å²) in [6, 6.07) is 5.29. The number of halogens is 1. The molecule has 2 aromatic rings. The predicted octanol–water partition coefficient (Wildman–Crippen LogP) is 2.61. The molecule has 4 heteroatoms. The maximum absolute atomic E-state index is 12.0. The second-order valence-electron chi connectivity index (χ2n) is 3.77. The normalized spacial score (nSPS) is 12.9. The van der Waals surface area contributed by atoms with Crippen LogP contribution in [-0.2, 0) is 0 Å². The van der Waals surface area contributed by atoms with Gasteiger partial charge in [0.25, 0.3) is 0 Å². The van der Waals surface area contributed by atoms with Crippen molar-refractivity contribution in [3.63, 3.8) is 0 Å². The molecule has 0 fully saturated rings. The molecular weight excluding hydrogens is 224 g/mol. The molecule has 0 bridgehead atoms. The Morgan fingerprint density at radius 3 is 2.94 bits per heavy atom. The number of fused-ring (bicyclic) bond motifs is 1. The molecule has 0 amide bonds. The van der Waals surface area contributed by atoms with Crippen LogP contribution in [-0.4, -0.2) is 23.9 Å². The summed E-state index contributed by atoms with van der Waals surface area (Å²) in [6.45, 7) is 1.84. The zero-order valence-corrected chi connectivity index (χ0v) is 9.93.